The smallest absolute Gasteiger partial charge is 0.203 e. The second-order valence-electron chi connectivity index (χ2n) is 4.34. The van der Waals surface area contributed by atoms with Crippen molar-refractivity contribution in [3.63, 3.8) is 0 Å². The van der Waals surface area contributed by atoms with Crippen molar-refractivity contribution in [2.45, 2.75) is 6.42 Å². The molecule has 0 spiro atoms. The predicted octanol–water partition coefficient (Wildman–Crippen LogP) is 0.885. The van der Waals surface area contributed by atoms with Crippen LogP contribution in [0.2, 0.25) is 0 Å². The molecule has 0 radical (unpaired) electrons. The molecule has 3 aromatic rings. The molecule has 3 aromatic heterocycles. The van der Waals surface area contributed by atoms with Gasteiger partial charge in [-0.3, -0.25) is 9.48 Å². The zero-order chi connectivity index (χ0) is 13.2. The van der Waals surface area contributed by atoms with Crippen molar-refractivity contribution >= 4 is 0 Å². The predicted molar refractivity (Wildman–Crippen MR) is 70.2 cm³/mol. The highest BCUT2D eigenvalue weighted by Gasteiger charge is 2.06. The number of nitrogens with zero attached hydrogens (tertiary/aromatic N) is 4. The third kappa shape index (κ3) is 2.33. The van der Waals surface area contributed by atoms with Crippen molar-refractivity contribution in [3.8, 4) is 5.69 Å². The number of H-pyrrole nitrogens is 1. The molecule has 0 aliphatic rings. The molecule has 0 amide bonds. The van der Waals surface area contributed by atoms with E-state index in [1.165, 1.54) is 6.07 Å². The first-order chi connectivity index (χ1) is 9.22. The van der Waals surface area contributed by atoms with E-state index < -0.39 is 0 Å². The first kappa shape index (κ1) is 11.5. The fraction of sp³-hybridized carbons (Fsp3) is 0.154. The first-order valence-electron chi connectivity index (χ1n) is 5.92. The van der Waals surface area contributed by atoms with Gasteiger partial charge in [0.05, 0.1) is 12.4 Å². The summed E-state index contributed by atoms with van der Waals surface area (Å²) < 4.78 is 3.36. The number of aryl methyl sites for hydroxylation is 1. The maximum Gasteiger partial charge on any atom is 0.203 e. The zero-order valence-corrected chi connectivity index (χ0v) is 10.4. The van der Waals surface area contributed by atoms with Gasteiger partial charge in [-0.1, -0.05) is 0 Å². The number of hydrogen-bond acceptors (Lipinski definition) is 3. The Bertz CT molecular complexity index is 738. The zero-order valence-electron chi connectivity index (χ0n) is 10.4. The summed E-state index contributed by atoms with van der Waals surface area (Å²) in [6.45, 7) is 0. The van der Waals surface area contributed by atoms with Gasteiger partial charge in [0.15, 0.2) is 0 Å². The van der Waals surface area contributed by atoms with Crippen LogP contribution < -0.4 is 5.43 Å². The normalized spacial score (nSPS) is 10.8. The Morgan fingerprint density at radius 2 is 2.26 bits per heavy atom. The lowest BCUT2D eigenvalue weighted by Gasteiger charge is -2.04. The fourth-order valence-electron chi connectivity index (χ4n) is 1.90. The van der Waals surface area contributed by atoms with Crippen LogP contribution in [0.3, 0.4) is 0 Å². The van der Waals surface area contributed by atoms with Gasteiger partial charge in [0.2, 0.25) is 5.43 Å². The molecule has 0 unspecified atom stereocenters. The summed E-state index contributed by atoms with van der Waals surface area (Å²) in [5.41, 5.74) is 2.33. The second-order valence-corrected chi connectivity index (χ2v) is 4.34. The van der Waals surface area contributed by atoms with Gasteiger partial charge in [-0.2, -0.15) is 10.2 Å². The molecule has 0 aliphatic carbocycles. The molecular formula is C13H13N5O. The standard InChI is InChI=1S/C13H13N5O/c1-17-9-11(8-15-17)18-5-3-13(19)12(16-18)6-10-2-4-14-7-10/h2-5,7-9,14H,6H2,1H3. The Morgan fingerprint density at radius 3 is 2.95 bits per heavy atom. The summed E-state index contributed by atoms with van der Waals surface area (Å²) in [5, 5.41) is 8.46. The molecular weight excluding hydrogens is 242 g/mol. The molecule has 0 aromatic carbocycles. The van der Waals surface area contributed by atoms with E-state index in [2.05, 4.69) is 15.2 Å². The Kier molecular flexibility index (Phi) is 2.75. The Morgan fingerprint density at radius 1 is 1.37 bits per heavy atom. The van der Waals surface area contributed by atoms with Crippen LogP contribution in [0.1, 0.15) is 11.3 Å². The van der Waals surface area contributed by atoms with E-state index in [1.807, 2.05) is 31.7 Å². The quantitative estimate of drug-likeness (QED) is 0.755. The van der Waals surface area contributed by atoms with E-state index in [0.717, 1.165) is 11.3 Å². The SMILES string of the molecule is Cn1cc(-n2ccc(=O)c(Cc3cc[nH]c3)n2)cn1. The van der Waals surface area contributed by atoms with E-state index >= 15 is 0 Å². The molecule has 0 fully saturated rings. The number of rotatable bonds is 3. The summed E-state index contributed by atoms with van der Waals surface area (Å²) in [5.74, 6) is 0. The lowest BCUT2D eigenvalue weighted by molar-refractivity contribution is 0.762. The van der Waals surface area contributed by atoms with Crippen molar-refractivity contribution in [1.29, 1.82) is 0 Å². The van der Waals surface area contributed by atoms with Crippen molar-refractivity contribution < 1.29 is 0 Å². The van der Waals surface area contributed by atoms with Crippen LogP contribution in [0.15, 0.2) is 47.9 Å². The Labute approximate surface area is 109 Å². The average molecular weight is 255 g/mol. The lowest BCUT2D eigenvalue weighted by atomic mass is 10.2. The average Bonchev–Trinajstić information content (AvgIpc) is 3.03. The maximum absolute atomic E-state index is 11.8. The van der Waals surface area contributed by atoms with Gasteiger partial charge in [0.25, 0.3) is 0 Å². The summed E-state index contributed by atoms with van der Waals surface area (Å²) in [6.07, 6.45) is 9.42. The van der Waals surface area contributed by atoms with E-state index in [0.29, 0.717) is 12.1 Å². The molecule has 1 N–H and O–H groups in total. The van der Waals surface area contributed by atoms with Crippen LogP contribution in [-0.4, -0.2) is 24.5 Å². The van der Waals surface area contributed by atoms with Crippen LogP contribution in [0, 0.1) is 0 Å². The molecule has 0 aliphatic heterocycles. The molecule has 6 heteroatoms. The Balaban J connectivity index is 1.98. The van der Waals surface area contributed by atoms with E-state index in [1.54, 1.807) is 21.8 Å². The number of hydrogen-bond donors (Lipinski definition) is 1. The maximum atomic E-state index is 11.8. The lowest BCUT2D eigenvalue weighted by Crippen LogP contribution is -2.15. The van der Waals surface area contributed by atoms with Gasteiger partial charge in [-0.15, -0.1) is 0 Å². The van der Waals surface area contributed by atoms with Gasteiger partial charge >= 0.3 is 0 Å². The molecule has 6 nitrogen and oxygen atoms in total. The van der Waals surface area contributed by atoms with Gasteiger partial charge in [-0.05, 0) is 11.6 Å². The summed E-state index contributed by atoms with van der Waals surface area (Å²) in [6, 6.07) is 3.46. The van der Waals surface area contributed by atoms with Crippen LogP contribution in [0.5, 0.6) is 0 Å². The van der Waals surface area contributed by atoms with Crippen molar-refractivity contribution in [2.75, 3.05) is 0 Å². The Hall–Kier alpha value is -2.63. The fourth-order valence-corrected chi connectivity index (χ4v) is 1.90. The molecule has 3 heterocycles. The largest absolute Gasteiger partial charge is 0.367 e. The van der Waals surface area contributed by atoms with E-state index in [4.69, 9.17) is 0 Å². The molecule has 0 atom stereocenters. The van der Waals surface area contributed by atoms with Gasteiger partial charge < -0.3 is 4.98 Å². The molecule has 0 saturated carbocycles. The third-order valence-electron chi connectivity index (χ3n) is 2.87. The number of aromatic amines is 1. The second kappa shape index (κ2) is 4.56. The molecule has 19 heavy (non-hydrogen) atoms. The van der Waals surface area contributed by atoms with Crippen molar-refractivity contribution in [2.24, 2.45) is 7.05 Å². The monoisotopic (exact) mass is 255 g/mol. The highest BCUT2D eigenvalue weighted by Crippen LogP contribution is 2.05. The summed E-state index contributed by atoms with van der Waals surface area (Å²) in [7, 11) is 1.84. The molecule has 96 valence electrons. The summed E-state index contributed by atoms with van der Waals surface area (Å²) >= 11 is 0. The van der Waals surface area contributed by atoms with Crippen LogP contribution in [0.4, 0.5) is 0 Å². The molecule has 0 saturated heterocycles. The van der Waals surface area contributed by atoms with E-state index in [9.17, 15) is 4.79 Å². The van der Waals surface area contributed by atoms with Crippen LogP contribution in [-0.2, 0) is 13.5 Å². The van der Waals surface area contributed by atoms with E-state index in [-0.39, 0.29) is 5.43 Å². The van der Waals surface area contributed by atoms with Crippen LogP contribution in [0.25, 0.3) is 5.69 Å². The van der Waals surface area contributed by atoms with Crippen molar-refractivity contribution in [3.05, 3.63) is 64.6 Å². The molecule has 0 bridgehead atoms. The highest BCUT2D eigenvalue weighted by molar-refractivity contribution is 5.25. The van der Waals surface area contributed by atoms with Gasteiger partial charge in [0, 0.05) is 38.1 Å². The van der Waals surface area contributed by atoms with Gasteiger partial charge in [0.1, 0.15) is 11.4 Å². The van der Waals surface area contributed by atoms with Crippen LogP contribution >= 0.6 is 0 Å². The minimum Gasteiger partial charge on any atom is -0.367 e. The topological polar surface area (TPSA) is 68.5 Å². The first-order valence-corrected chi connectivity index (χ1v) is 5.92. The van der Waals surface area contributed by atoms with Gasteiger partial charge in [-0.25, -0.2) is 4.68 Å². The highest BCUT2D eigenvalue weighted by atomic mass is 16.1. The minimum absolute atomic E-state index is 0.0543. The summed E-state index contributed by atoms with van der Waals surface area (Å²) in [4.78, 5) is 14.8. The van der Waals surface area contributed by atoms with Crippen molar-refractivity contribution in [1.82, 2.24) is 24.5 Å². The minimum atomic E-state index is -0.0543. The number of aromatic nitrogens is 5. The third-order valence-corrected chi connectivity index (χ3v) is 2.87. The number of nitrogens with one attached hydrogen (secondary N) is 1. The molecule has 3 rings (SSSR count).